The van der Waals surface area contributed by atoms with Crippen molar-refractivity contribution in [2.24, 2.45) is 5.73 Å². The van der Waals surface area contributed by atoms with Crippen LogP contribution < -0.4 is 5.73 Å². The number of hydrogen-bond donors (Lipinski definition) is 1. The van der Waals surface area contributed by atoms with E-state index in [1.165, 1.54) is 6.07 Å². The summed E-state index contributed by atoms with van der Waals surface area (Å²) >= 11 is 3.14. The van der Waals surface area contributed by atoms with Crippen LogP contribution in [0.15, 0.2) is 22.7 Å². The normalized spacial score (nSPS) is 15.3. The van der Waals surface area contributed by atoms with E-state index in [0.717, 1.165) is 24.8 Å². The van der Waals surface area contributed by atoms with Crippen LogP contribution in [0, 0.1) is 5.82 Å². The summed E-state index contributed by atoms with van der Waals surface area (Å²) in [5.41, 5.74) is 6.26. The highest BCUT2D eigenvalue weighted by Gasteiger charge is 2.23. The molecule has 1 fully saturated rings. The predicted molar refractivity (Wildman–Crippen MR) is 94.3 cm³/mol. The standard InChI is InChI=1S/C16H22BrFN2O2.ClH/c17-14-10-12(2-3-15(14)18)11-16(21)20-7-4-13(5-8-20)22-9-1-6-19;/h2-3,10,13H,1,4-9,11,19H2;1H. The molecule has 1 aliphatic rings. The van der Waals surface area contributed by atoms with Crippen molar-refractivity contribution >= 4 is 34.2 Å². The van der Waals surface area contributed by atoms with Gasteiger partial charge in [-0.3, -0.25) is 4.79 Å². The molecule has 1 aromatic rings. The summed E-state index contributed by atoms with van der Waals surface area (Å²) in [6, 6.07) is 4.70. The lowest BCUT2D eigenvalue weighted by atomic mass is 10.1. The molecular formula is C16H23BrClFN2O2. The van der Waals surface area contributed by atoms with Crippen molar-refractivity contribution in [3.8, 4) is 0 Å². The van der Waals surface area contributed by atoms with Crippen molar-refractivity contribution < 1.29 is 13.9 Å². The first kappa shape index (κ1) is 20.4. The Labute approximate surface area is 151 Å². The Bertz CT molecular complexity index is 511. The fourth-order valence-electron chi connectivity index (χ4n) is 2.54. The minimum atomic E-state index is -0.313. The maximum Gasteiger partial charge on any atom is 0.226 e. The maximum absolute atomic E-state index is 13.2. The van der Waals surface area contributed by atoms with Gasteiger partial charge < -0.3 is 15.4 Å². The highest BCUT2D eigenvalue weighted by atomic mass is 79.9. The highest BCUT2D eigenvalue weighted by molar-refractivity contribution is 9.10. The van der Waals surface area contributed by atoms with Gasteiger partial charge >= 0.3 is 0 Å². The molecule has 23 heavy (non-hydrogen) atoms. The number of carbonyl (C=O) groups excluding carboxylic acids is 1. The van der Waals surface area contributed by atoms with Crippen molar-refractivity contribution in [3.05, 3.63) is 34.1 Å². The number of ether oxygens (including phenoxy) is 1. The minimum absolute atomic E-state index is 0. The topological polar surface area (TPSA) is 55.6 Å². The summed E-state index contributed by atoms with van der Waals surface area (Å²) < 4.78 is 19.3. The van der Waals surface area contributed by atoms with Crippen LogP contribution in [0.5, 0.6) is 0 Å². The van der Waals surface area contributed by atoms with E-state index < -0.39 is 0 Å². The molecule has 0 saturated carbocycles. The second-order valence-electron chi connectivity index (χ2n) is 5.52. The molecule has 0 radical (unpaired) electrons. The fraction of sp³-hybridized carbons (Fsp3) is 0.562. The van der Waals surface area contributed by atoms with Gasteiger partial charge in [0.15, 0.2) is 0 Å². The molecule has 0 unspecified atom stereocenters. The Kier molecular flexibility index (Phi) is 9.06. The SMILES string of the molecule is Cl.NCCCOC1CCN(C(=O)Cc2ccc(F)c(Br)c2)CC1. The van der Waals surface area contributed by atoms with E-state index in [4.69, 9.17) is 10.5 Å². The van der Waals surface area contributed by atoms with Gasteiger partial charge in [0.1, 0.15) is 5.82 Å². The van der Waals surface area contributed by atoms with Crippen LogP contribution in [0.4, 0.5) is 4.39 Å². The van der Waals surface area contributed by atoms with Gasteiger partial charge in [0, 0.05) is 19.7 Å². The number of hydrogen-bond acceptors (Lipinski definition) is 3. The first-order chi connectivity index (χ1) is 10.6. The van der Waals surface area contributed by atoms with Gasteiger partial charge in [-0.05, 0) is 59.4 Å². The van der Waals surface area contributed by atoms with Gasteiger partial charge in [0.2, 0.25) is 5.91 Å². The number of rotatable bonds is 6. The second kappa shape index (κ2) is 10.2. The van der Waals surface area contributed by atoms with E-state index in [1.54, 1.807) is 12.1 Å². The van der Waals surface area contributed by atoms with Gasteiger partial charge in [0.25, 0.3) is 0 Å². The van der Waals surface area contributed by atoms with Gasteiger partial charge in [-0.25, -0.2) is 4.39 Å². The second-order valence-corrected chi connectivity index (χ2v) is 6.37. The van der Waals surface area contributed by atoms with Crippen molar-refractivity contribution in [2.75, 3.05) is 26.2 Å². The zero-order valence-electron chi connectivity index (χ0n) is 13.0. The molecule has 0 aromatic heterocycles. The molecule has 0 bridgehead atoms. The molecule has 0 aliphatic carbocycles. The number of piperidine rings is 1. The third kappa shape index (κ3) is 6.37. The lowest BCUT2D eigenvalue weighted by Gasteiger charge is -2.32. The average Bonchev–Trinajstić information content (AvgIpc) is 2.52. The van der Waals surface area contributed by atoms with Crippen molar-refractivity contribution in [3.63, 3.8) is 0 Å². The average molecular weight is 410 g/mol. The van der Waals surface area contributed by atoms with E-state index in [9.17, 15) is 9.18 Å². The van der Waals surface area contributed by atoms with Crippen LogP contribution in [-0.2, 0) is 16.0 Å². The number of likely N-dealkylation sites (tertiary alicyclic amines) is 1. The first-order valence-electron chi connectivity index (χ1n) is 7.63. The summed E-state index contributed by atoms with van der Waals surface area (Å²) in [4.78, 5) is 14.2. The lowest BCUT2D eigenvalue weighted by Crippen LogP contribution is -2.41. The number of benzene rings is 1. The largest absolute Gasteiger partial charge is 0.378 e. The number of nitrogens with two attached hydrogens (primary N) is 1. The van der Waals surface area contributed by atoms with Crippen LogP contribution in [0.2, 0.25) is 0 Å². The van der Waals surface area contributed by atoms with Crippen molar-refractivity contribution in [2.45, 2.75) is 31.8 Å². The third-order valence-electron chi connectivity index (χ3n) is 3.84. The van der Waals surface area contributed by atoms with Crippen LogP contribution in [-0.4, -0.2) is 43.2 Å². The molecule has 0 spiro atoms. The summed E-state index contributed by atoms with van der Waals surface area (Å²) in [6.07, 6.45) is 3.14. The maximum atomic E-state index is 13.2. The quantitative estimate of drug-likeness (QED) is 0.735. The molecule has 4 nitrogen and oxygen atoms in total. The molecule has 1 amide bonds. The van der Waals surface area contributed by atoms with E-state index >= 15 is 0 Å². The molecule has 1 heterocycles. The molecule has 1 saturated heterocycles. The van der Waals surface area contributed by atoms with Crippen LogP contribution >= 0.6 is 28.3 Å². The summed E-state index contributed by atoms with van der Waals surface area (Å²) in [6.45, 7) is 2.77. The molecule has 130 valence electrons. The molecule has 1 aromatic carbocycles. The number of carbonyl (C=O) groups is 1. The molecular weight excluding hydrogens is 387 g/mol. The van der Waals surface area contributed by atoms with Crippen LogP contribution in [0.3, 0.4) is 0 Å². The van der Waals surface area contributed by atoms with Gasteiger partial charge in [0.05, 0.1) is 17.0 Å². The Balaban J connectivity index is 0.00000264. The lowest BCUT2D eigenvalue weighted by molar-refractivity contribution is -0.133. The van der Waals surface area contributed by atoms with Gasteiger partial charge in [-0.2, -0.15) is 0 Å². The zero-order chi connectivity index (χ0) is 15.9. The Morgan fingerprint density at radius 3 is 2.70 bits per heavy atom. The third-order valence-corrected chi connectivity index (χ3v) is 4.44. The summed E-state index contributed by atoms with van der Waals surface area (Å²) in [7, 11) is 0. The van der Waals surface area contributed by atoms with Gasteiger partial charge in [-0.15, -0.1) is 12.4 Å². The molecule has 2 rings (SSSR count). The fourth-order valence-corrected chi connectivity index (χ4v) is 2.97. The van der Waals surface area contributed by atoms with Gasteiger partial charge in [-0.1, -0.05) is 6.07 Å². The van der Waals surface area contributed by atoms with E-state index in [1.807, 2.05) is 4.90 Å². The van der Waals surface area contributed by atoms with E-state index in [-0.39, 0.29) is 30.2 Å². The number of amides is 1. The minimum Gasteiger partial charge on any atom is -0.378 e. The molecule has 2 N–H and O–H groups in total. The Morgan fingerprint density at radius 1 is 1.39 bits per heavy atom. The number of nitrogens with zero attached hydrogens (tertiary/aromatic N) is 1. The van der Waals surface area contributed by atoms with E-state index in [0.29, 0.717) is 37.1 Å². The van der Waals surface area contributed by atoms with Crippen LogP contribution in [0.25, 0.3) is 0 Å². The Hall–Kier alpha value is -0.690. The zero-order valence-corrected chi connectivity index (χ0v) is 15.4. The highest BCUT2D eigenvalue weighted by Crippen LogP contribution is 2.19. The van der Waals surface area contributed by atoms with Crippen LogP contribution in [0.1, 0.15) is 24.8 Å². The predicted octanol–water partition coefficient (Wildman–Crippen LogP) is 2.91. The van der Waals surface area contributed by atoms with E-state index in [2.05, 4.69) is 15.9 Å². The smallest absolute Gasteiger partial charge is 0.226 e. The van der Waals surface area contributed by atoms with Crippen molar-refractivity contribution in [1.29, 1.82) is 0 Å². The summed E-state index contributed by atoms with van der Waals surface area (Å²) in [5, 5.41) is 0. The molecule has 7 heteroatoms. The molecule has 0 atom stereocenters. The first-order valence-corrected chi connectivity index (χ1v) is 8.43. The summed E-state index contributed by atoms with van der Waals surface area (Å²) in [5.74, 6) is -0.231. The number of halogens is 3. The monoisotopic (exact) mass is 408 g/mol. The van der Waals surface area contributed by atoms with Crippen molar-refractivity contribution in [1.82, 2.24) is 4.90 Å². The molecule has 1 aliphatic heterocycles. The Morgan fingerprint density at radius 2 is 2.09 bits per heavy atom.